The summed E-state index contributed by atoms with van der Waals surface area (Å²) in [5.74, 6) is 0.0684. The summed E-state index contributed by atoms with van der Waals surface area (Å²) < 4.78 is 0. The fourth-order valence-electron chi connectivity index (χ4n) is 2.26. The van der Waals surface area contributed by atoms with E-state index in [1.807, 2.05) is 6.07 Å². The van der Waals surface area contributed by atoms with Gasteiger partial charge in [-0.3, -0.25) is 4.79 Å². The number of benzene rings is 1. The van der Waals surface area contributed by atoms with Crippen molar-refractivity contribution < 1.29 is 9.59 Å². The summed E-state index contributed by atoms with van der Waals surface area (Å²) in [5, 5.41) is 4.36. The summed E-state index contributed by atoms with van der Waals surface area (Å²) in [6, 6.07) is 11.5. The lowest BCUT2D eigenvalue weighted by atomic mass is 10.0. The Bertz CT molecular complexity index is 476. The monoisotopic (exact) mass is 323 g/mol. The third-order valence-electron chi connectivity index (χ3n) is 3.73. The number of rotatable bonds is 8. The van der Waals surface area contributed by atoms with Gasteiger partial charge in [-0.25, -0.2) is 0 Å². The molecule has 3 nitrogen and oxygen atoms in total. The maximum Gasteiger partial charge on any atom is 0.224 e. The predicted octanol–water partition coefficient (Wildman–Crippen LogP) is 2.24. The van der Waals surface area contributed by atoms with Gasteiger partial charge < -0.3 is 10.1 Å². The van der Waals surface area contributed by atoms with Crippen LogP contribution in [-0.4, -0.2) is 32.1 Å². The minimum absolute atomic E-state index is 0.0307. The molecule has 0 unspecified atom stereocenters. The van der Waals surface area contributed by atoms with Crippen LogP contribution < -0.4 is 10.5 Å². The molecule has 116 valence electrons. The molecule has 0 bridgehead atoms. The number of ketones is 1. The van der Waals surface area contributed by atoms with E-state index in [1.165, 1.54) is 12.1 Å². The molecule has 1 amide bonds. The van der Waals surface area contributed by atoms with E-state index in [0.717, 1.165) is 6.04 Å². The molecule has 1 rings (SSSR count). The van der Waals surface area contributed by atoms with E-state index in [2.05, 4.69) is 55.3 Å². The average molecular weight is 324 g/mol. The normalized spacial score (nSPS) is 12.8. The van der Waals surface area contributed by atoms with Crippen LogP contribution in [0, 0.1) is 5.92 Å². The topological polar surface area (TPSA) is 46.2 Å². The van der Waals surface area contributed by atoms with Crippen molar-refractivity contribution in [3.63, 3.8) is 0 Å². The zero-order valence-electron chi connectivity index (χ0n) is 13.1. The first kappa shape index (κ1) is 18.0. The van der Waals surface area contributed by atoms with Crippen LogP contribution in [0.5, 0.6) is 0 Å². The number of carbonyl (C=O) groups is 2. The smallest absolute Gasteiger partial charge is 0.224 e. The molecular formula is C16H25NO2SSi. The van der Waals surface area contributed by atoms with E-state index in [1.54, 1.807) is 0 Å². The zero-order chi connectivity index (χ0) is 15.9. The van der Waals surface area contributed by atoms with Gasteiger partial charge in [-0.15, -0.1) is 0 Å². The molecule has 1 N–H and O–H groups in total. The number of Topliss-reactive ketones (excluding diaryl/α,β-unsaturated/α-hetero) is 1. The summed E-state index contributed by atoms with van der Waals surface area (Å²) in [4.78, 5) is 23.2. The average Bonchev–Trinajstić information content (AvgIpc) is 2.45. The Kier molecular flexibility index (Phi) is 7.18. The second-order valence-corrected chi connectivity index (χ2v) is 11.3. The second-order valence-electron chi connectivity index (χ2n) is 6.08. The van der Waals surface area contributed by atoms with Gasteiger partial charge in [0.1, 0.15) is 5.78 Å². The Morgan fingerprint density at radius 3 is 2.38 bits per heavy atom. The number of hydrogen-bond donors (Lipinski definition) is 2. The van der Waals surface area contributed by atoms with Crippen molar-refractivity contribution >= 4 is 37.6 Å². The Hall–Kier alpha value is -1.07. The Balaban J connectivity index is 2.48. The highest BCUT2D eigenvalue weighted by Crippen LogP contribution is 2.10. The highest BCUT2D eigenvalue weighted by atomic mass is 32.1. The summed E-state index contributed by atoms with van der Waals surface area (Å²) in [7, 11) is -1.52. The molecule has 0 spiro atoms. The molecule has 5 heteroatoms. The van der Waals surface area contributed by atoms with Crippen molar-refractivity contribution in [2.45, 2.75) is 32.5 Å². The summed E-state index contributed by atoms with van der Waals surface area (Å²) in [5.41, 5.74) is 0. The van der Waals surface area contributed by atoms with Crippen molar-refractivity contribution in [2.75, 3.05) is 12.3 Å². The molecule has 0 fully saturated rings. The van der Waals surface area contributed by atoms with Gasteiger partial charge in [-0.1, -0.05) is 48.6 Å². The first-order chi connectivity index (χ1) is 9.86. The van der Waals surface area contributed by atoms with Crippen molar-refractivity contribution in [1.29, 1.82) is 0 Å². The van der Waals surface area contributed by atoms with Gasteiger partial charge in [0, 0.05) is 18.7 Å². The Morgan fingerprint density at radius 1 is 1.24 bits per heavy atom. The van der Waals surface area contributed by atoms with Gasteiger partial charge >= 0.3 is 0 Å². The molecule has 1 aromatic rings. The van der Waals surface area contributed by atoms with Crippen molar-refractivity contribution in [1.82, 2.24) is 5.32 Å². The molecule has 0 heterocycles. The van der Waals surface area contributed by atoms with E-state index < -0.39 is 8.07 Å². The first-order valence-electron chi connectivity index (χ1n) is 7.30. The van der Waals surface area contributed by atoms with Crippen LogP contribution in [0.2, 0.25) is 19.1 Å². The lowest BCUT2D eigenvalue weighted by molar-refractivity contribution is -0.128. The van der Waals surface area contributed by atoms with Crippen molar-refractivity contribution in [2.24, 2.45) is 5.92 Å². The third-order valence-corrected chi connectivity index (χ3v) is 7.57. The van der Waals surface area contributed by atoms with Gasteiger partial charge in [0.15, 0.2) is 0 Å². The minimum atomic E-state index is -1.52. The molecule has 0 radical (unpaired) electrons. The van der Waals surface area contributed by atoms with Crippen LogP contribution in [-0.2, 0) is 9.59 Å². The maximum absolute atomic E-state index is 12.0. The van der Waals surface area contributed by atoms with Crippen molar-refractivity contribution in [3.8, 4) is 0 Å². The third kappa shape index (κ3) is 6.05. The quantitative estimate of drug-likeness (QED) is 0.569. The maximum atomic E-state index is 12.0. The standard InChI is InChI=1S/C16H25NO2SSi/c1-13(18)11-14(12-20)16(19)17-9-10-21(2,3)15-7-5-4-6-8-15/h4-8,14,20H,9-12H2,1-3H3,(H,17,19)/t14-/m0/s1. The molecule has 1 aromatic carbocycles. The fraction of sp³-hybridized carbons (Fsp3) is 0.500. The number of amides is 1. The van der Waals surface area contributed by atoms with Crippen molar-refractivity contribution in [3.05, 3.63) is 30.3 Å². The molecule has 0 aliphatic heterocycles. The highest BCUT2D eigenvalue weighted by Gasteiger charge is 2.24. The van der Waals surface area contributed by atoms with E-state index in [9.17, 15) is 9.59 Å². The molecule has 0 aromatic heterocycles. The molecule has 1 atom stereocenters. The van der Waals surface area contributed by atoms with Gasteiger partial charge in [-0.2, -0.15) is 12.6 Å². The second kappa shape index (κ2) is 8.39. The Labute approximate surface area is 133 Å². The van der Waals surface area contributed by atoms with Crippen LogP contribution in [0.1, 0.15) is 13.3 Å². The van der Waals surface area contributed by atoms with Gasteiger partial charge in [0.2, 0.25) is 5.91 Å². The Morgan fingerprint density at radius 2 is 1.86 bits per heavy atom. The summed E-state index contributed by atoms with van der Waals surface area (Å²) in [6.45, 7) is 6.78. The van der Waals surface area contributed by atoms with E-state index >= 15 is 0 Å². The van der Waals surface area contributed by atoms with Gasteiger partial charge in [0.25, 0.3) is 0 Å². The largest absolute Gasteiger partial charge is 0.356 e. The minimum Gasteiger partial charge on any atom is -0.356 e. The van der Waals surface area contributed by atoms with Crippen LogP contribution >= 0.6 is 12.6 Å². The zero-order valence-corrected chi connectivity index (χ0v) is 15.0. The number of thiol groups is 1. The number of nitrogens with one attached hydrogen (secondary N) is 1. The fourth-order valence-corrected chi connectivity index (χ4v) is 4.69. The molecule has 0 aliphatic carbocycles. The van der Waals surface area contributed by atoms with Crippen LogP contribution in [0.4, 0.5) is 0 Å². The molecule has 0 saturated heterocycles. The first-order valence-corrected chi connectivity index (χ1v) is 11.1. The molecule has 0 saturated carbocycles. The lowest BCUT2D eigenvalue weighted by Crippen LogP contribution is -2.44. The summed E-state index contributed by atoms with van der Waals surface area (Å²) >= 11 is 4.16. The number of hydrogen-bond acceptors (Lipinski definition) is 3. The van der Waals surface area contributed by atoms with E-state index in [0.29, 0.717) is 12.3 Å². The highest BCUT2D eigenvalue weighted by molar-refractivity contribution is 7.80. The van der Waals surface area contributed by atoms with Gasteiger partial charge in [0.05, 0.1) is 14.0 Å². The summed E-state index contributed by atoms with van der Waals surface area (Å²) in [6.07, 6.45) is 0.273. The van der Waals surface area contributed by atoms with Gasteiger partial charge in [-0.05, 0) is 13.0 Å². The SMILES string of the molecule is CC(=O)C[C@@H](CS)C(=O)NCC[Si](C)(C)c1ccccc1. The molecule has 21 heavy (non-hydrogen) atoms. The van der Waals surface area contributed by atoms with Crippen LogP contribution in [0.3, 0.4) is 0 Å². The lowest BCUT2D eigenvalue weighted by Gasteiger charge is -2.23. The number of carbonyl (C=O) groups excluding carboxylic acids is 2. The van der Waals surface area contributed by atoms with Crippen LogP contribution in [0.25, 0.3) is 0 Å². The van der Waals surface area contributed by atoms with Crippen LogP contribution in [0.15, 0.2) is 30.3 Å². The molecule has 0 aliphatic rings. The van der Waals surface area contributed by atoms with E-state index in [4.69, 9.17) is 0 Å². The predicted molar refractivity (Wildman–Crippen MR) is 94.0 cm³/mol. The van der Waals surface area contributed by atoms with E-state index in [-0.39, 0.29) is 24.0 Å². The molecular weight excluding hydrogens is 298 g/mol.